The van der Waals surface area contributed by atoms with E-state index in [1.54, 1.807) is 19.2 Å². The first kappa shape index (κ1) is 15.2. The van der Waals surface area contributed by atoms with Crippen LogP contribution >= 0.6 is 0 Å². The van der Waals surface area contributed by atoms with Gasteiger partial charge < -0.3 is 15.2 Å². The van der Waals surface area contributed by atoms with Gasteiger partial charge in [0.2, 0.25) is 0 Å². The lowest BCUT2D eigenvalue weighted by molar-refractivity contribution is 0.0870. The van der Waals surface area contributed by atoms with Crippen LogP contribution in [0.25, 0.3) is 0 Å². The molecule has 2 N–H and O–H groups in total. The molecule has 19 heavy (non-hydrogen) atoms. The fraction of sp³-hybridized carbons (Fsp3) is 0.400. The first-order chi connectivity index (χ1) is 9.10. The number of carbonyl (C=O) groups excluding carboxylic acids is 1. The largest absolute Gasteiger partial charge is 0.384 e. The maximum Gasteiger partial charge on any atom is 0.251 e. The highest BCUT2D eigenvalue weighted by molar-refractivity contribution is 5.96. The Kier molecular flexibility index (Phi) is 6.07. The Morgan fingerprint density at radius 3 is 2.89 bits per heavy atom. The predicted molar refractivity (Wildman–Crippen MR) is 73.9 cm³/mol. The van der Waals surface area contributed by atoms with Gasteiger partial charge >= 0.3 is 0 Å². The van der Waals surface area contributed by atoms with Crippen molar-refractivity contribution in [1.29, 1.82) is 0 Å². The van der Waals surface area contributed by atoms with Gasteiger partial charge in [-0.15, -0.1) is 0 Å². The Bertz CT molecular complexity index is 500. The van der Waals surface area contributed by atoms with Gasteiger partial charge in [0.05, 0.1) is 6.10 Å². The lowest BCUT2D eigenvalue weighted by Crippen LogP contribution is -2.32. The molecule has 1 unspecified atom stereocenters. The third-order valence-electron chi connectivity index (χ3n) is 2.83. The van der Waals surface area contributed by atoms with Crippen LogP contribution in [0.15, 0.2) is 18.2 Å². The molecular formula is C15H19NO3. The van der Waals surface area contributed by atoms with E-state index in [0.717, 1.165) is 11.1 Å². The van der Waals surface area contributed by atoms with E-state index < -0.39 is 0 Å². The maximum absolute atomic E-state index is 12.0. The van der Waals surface area contributed by atoms with Gasteiger partial charge in [-0.1, -0.05) is 17.9 Å². The number of ether oxygens (including phenoxy) is 1. The molecule has 0 aliphatic carbocycles. The molecule has 0 aromatic heterocycles. The number of hydrogen-bond acceptors (Lipinski definition) is 3. The summed E-state index contributed by atoms with van der Waals surface area (Å²) in [5, 5.41) is 11.5. The van der Waals surface area contributed by atoms with Gasteiger partial charge in [0.15, 0.2) is 0 Å². The van der Waals surface area contributed by atoms with Gasteiger partial charge in [-0.25, -0.2) is 0 Å². The van der Waals surface area contributed by atoms with Crippen LogP contribution in [0.3, 0.4) is 0 Å². The standard InChI is InChI=1S/C15H19NO3/c1-11(19-3)10-16-15(18)14-8-4-6-13(12(14)2)7-5-9-17/h4,6,8,11,17H,9-10H2,1-3H3,(H,16,18). The van der Waals surface area contributed by atoms with Crippen molar-refractivity contribution in [1.82, 2.24) is 5.32 Å². The van der Waals surface area contributed by atoms with Crippen molar-refractivity contribution in [3.05, 3.63) is 34.9 Å². The second-order valence-corrected chi connectivity index (χ2v) is 4.19. The van der Waals surface area contributed by atoms with Crippen molar-refractivity contribution in [2.45, 2.75) is 20.0 Å². The minimum atomic E-state index is -0.193. The molecule has 0 saturated heterocycles. The van der Waals surface area contributed by atoms with E-state index in [1.165, 1.54) is 0 Å². The highest BCUT2D eigenvalue weighted by Crippen LogP contribution is 2.12. The summed E-state index contributed by atoms with van der Waals surface area (Å²) < 4.78 is 5.08. The van der Waals surface area contributed by atoms with Crippen LogP contribution in [0, 0.1) is 18.8 Å². The van der Waals surface area contributed by atoms with Crippen LogP contribution in [0.2, 0.25) is 0 Å². The van der Waals surface area contributed by atoms with Crippen molar-refractivity contribution in [3.63, 3.8) is 0 Å². The number of hydrogen-bond donors (Lipinski definition) is 2. The van der Waals surface area contributed by atoms with Crippen LogP contribution in [0.5, 0.6) is 0 Å². The Morgan fingerprint density at radius 1 is 1.53 bits per heavy atom. The number of aliphatic hydroxyl groups excluding tert-OH is 1. The molecule has 0 aliphatic heterocycles. The van der Waals surface area contributed by atoms with Gasteiger partial charge in [0.25, 0.3) is 5.91 Å². The van der Waals surface area contributed by atoms with E-state index in [0.29, 0.717) is 12.1 Å². The fourth-order valence-corrected chi connectivity index (χ4v) is 1.57. The van der Waals surface area contributed by atoms with E-state index in [4.69, 9.17) is 9.84 Å². The molecular weight excluding hydrogens is 242 g/mol. The zero-order chi connectivity index (χ0) is 14.3. The summed E-state index contributed by atoms with van der Waals surface area (Å²) >= 11 is 0. The number of aliphatic hydroxyl groups is 1. The third-order valence-corrected chi connectivity index (χ3v) is 2.83. The number of rotatable bonds is 4. The van der Waals surface area contributed by atoms with Crippen LogP contribution < -0.4 is 5.32 Å². The van der Waals surface area contributed by atoms with Gasteiger partial charge in [-0.2, -0.15) is 0 Å². The SMILES string of the molecule is COC(C)CNC(=O)c1cccc(C#CCO)c1C. The zero-order valence-corrected chi connectivity index (χ0v) is 11.5. The van der Waals surface area contributed by atoms with Crippen molar-refractivity contribution in [2.75, 3.05) is 20.3 Å². The minimum absolute atomic E-state index is 0.0263. The molecule has 0 aliphatic rings. The zero-order valence-electron chi connectivity index (χ0n) is 11.5. The Morgan fingerprint density at radius 2 is 2.26 bits per heavy atom. The van der Waals surface area contributed by atoms with Crippen LogP contribution in [0.1, 0.15) is 28.4 Å². The summed E-state index contributed by atoms with van der Waals surface area (Å²) in [6.07, 6.45) is -0.0263. The Hall–Kier alpha value is -1.83. The lowest BCUT2D eigenvalue weighted by atomic mass is 10.0. The molecule has 4 nitrogen and oxygen atoms in total. The second kappa shape index (κ2) is 7.57. The van der Waals surface area contributed by atoms with Gasteiger partial charge in [-0.05, 0) is 31.5 Å². The first-order valence-corrected chi connectivity index (χ1v) is 6.10. The summed E-state index contributed by atoms with van der Waals surface area (Å²) in [5.41, 5.74) is 2.15. The molecule has 1 aromatic rings. The number of nitrogens with one attached hydrogen (secondary N) is 1. The average Bonchev–Trinajstić information content (AvgIpc) is 2.43. The Labute approximate surface area is 113 Å². The second-order valence-electron chi connectivity index (χ2n) is 4.19. The van der Waals surface area contributed by atoms with E-state index in [1.807, 2.05) is 19.9 Å². The van der Waals surface area contributed by atoms with E-state index in [9.17, 15) is 4.79 Å². The summed E-state index contributed by atoms with van der Waals surface area (Å²) in [4.78, 5) is 12.0. The molecule has 0 saturated carbocycles. The average molecular weight is 261 g/mol. The summed E-state index contributed by atoms with van der Waals surface area (Å²) in [6, 6.07) is 5.36. The van der Waals surface area contributed by atoms with Crippen molar-refractivity contribution in [2.24, 2.45) is 0 Å². The predicted octanol–water partition coefficient (Wildman–Crippen LogP) is 1.10. The van der Waals surface area contributed by atoms with E-state index in [-0.39, 0.29) is 18.6 Å². The normalized spacial score (nSPS) is 11.4. The van der Waals surface area contributed by atoms with Crippen molar-refractivity contribution >= 4 is 5.91 Å². The third kappa shape index (κ3) is 4.40. The Balaban J connectivity index is 2.86. The lowest BCUT2D eigenvalue weighted by Gasteiger charge is -2.12. The van der Waals surface area contributed by atoms with Crippen LogP contribution in [0.4, 0.5) is 0 Å². The van der Waals surface area contributed by atoms with Crippen molar-refractivity contribution in [3.8, 4) is 11.8 Å². The molecule has 1 rings (SSSR count). The molecule has 0 fully saturated rings. The quantitative estimate of drug-likeness (QED) is 0.798. The van der Waals surface area contributed by atoms with Crippen molar-refractivity contribution < 1.29 is 14.6 Å². The monoisotopic (exact) mass is 261 g/mol. The fourth-order valence-electron chi connectivity index (χ4n) is 1.57. The number of benzene rings is 1. The molecule has 4 heteroatoms. The first-order valence-electron chi connectivity index (χ1n) is 6.10. The number of amides is 1. The molecule has 102 valence electrons. The van der Waals surface area contributed by atoms with Gasteiger partial charge in [-0.3, -0.25) is 4.79 Å². The topological polar surface area (TPSA) is 58.6 Å². The highest BCUT2D eigenvalue weighted by atomic mass is 16.5. The summed E-state index contributed by atoms with van der Waals surface area (Å²) in [5.74, 6) is 5.27. The maximum atomic E-state index is 12.0. The number of carbonyl (C=O) groups is 1. The minimum Gasteiger partial charge on any atom is -0.384 e. The number of methoxy groups -OCH3 is 1. The molecule has 0 spiro atoms. The van der Waals surface area contributed by atoms with Crippen LogP contribution in [-0.4, -0.2) is 37.4 Å². The van der Waals surface area contributed by atoms with Gasteiger partial charge in [0, 0.05) is 24.8 Å². The molecule has 0 bridgehead atoms. The smallest absolute Gasteiger partial charge is 0.251 e. The van der Waals surface area contributed by atoms with Gasteiger partial charge in [0.1, 0.15) is 6.61 Å². The van der Waals surface area contributed by atoms with Crippen LogP contribution in [-0.2, 0) is 4.74 Å². The van der Waals surface area contributed by atoms with E-state index >= 15 is 0 Å². The summed E-state index contributed by atoms with van der Waals surface area (Å²) in [7, 11) is 1.60. The molecule has 0 heterocycles. The molecule has 1 amide bonds. The highest BCUT2D eigenvalue weighted by Gasteiger charge is 2.11. The van der Waals surface area contributed by atoms with E-state index in [2.05, 4.69) is 17.2 Å². The summed E-state index contributed by atoms with van der Waals surface area (Å²) in [6.45, 7) is 3.99. The molecule has 1 aromatic carbocycles. The molecule has 0 radical (unpaired) electrons. The molecule has 1 atom stereocenters.